The predicted octanol–water partition coefficient (Wildman–Crippen LogP) is 6.59. The summed E-state index contributed by atoms with van der Waals surface area (Å²) in [6.07, 6.45) is -1.22. The first-order valence-corrected chi connectivity index (χ1v) is 14.1. The van der Waals surface area contributed by atoms with E-state index in [1.807, 2.05) is 24.3 Å². The number of benzene rings is 2. The quantitative estimate of drug-likeness (QED) is 0.233. The normalized spacial score (nSPS) is 15.6. The second-order valence-corrected chi connectivity index (χ2v) is 12.6. The van der Waals surface area contributed by atoms with Gasteiger partial charge in [-0.15, -0.1) is 16.4 Å². The van der Waals surface area contributed by atoms with E-state index >= 15 is 0 Å². The fourth-order valence-corrected chi connectivity index (χ4v) is 5.98. The van der Waals surface area contributed by atoms with Gasteiger partial charge < -0.3 is 5.32 Å². The molecule has 3 heterocycles. The molecule has 1 N–H and O–H groups in total. The summed E-state index contributed by atoms with van der Waals surface area (Å²) in [5.74, 6) is 0.188. The van der Waals surface area contributed by atoms with E-state index in [4.69, 9.17) is 0 Å². The minimum atomic E-state index is -4.42. The van der Waals surface area contributed by atoms with Crippen LogP contribution in [0, 0.1) is 16.7 Å². The Morgan fingerprint density at radius 2 is 1.95 bits per heavy atom. The highest BCUT2D eigenvalue weighted by molar-refractivity contribution is 7.17. The third kappa shape index (κ3) is 4.99. The number of halogens is 3. The molecule has 2 aromatic carbocycles. The topological polar surface area (TPSA) is 105 Å². The van der Waals surface area contributed by atoms with Gasteiger partial charge in [0.2, 0.25) is 0 Å². The Morgan fingerprint density at radius 3 is 2.66 bits per heavy atom. The van der Waals surface area contributed by atoms with Crippen LogP contribution in [0.25, 0.3) is 21.1 Å². The Labute approximate surface area is 238 Å². The van der Waals surface area contributed by atoms with Crippen molar-refractivity contribution in [2.45, 2.75) is 57.7 Å². The first kappa shape index (κ1) is 27.1. The summed E-state index contributed by atoms with van der Waals surface area (Å²) in [4.78, 5) is 13.3. The Hall–Kier alpha value is -4.11. The molecule has 1 aliphatic carbocycles. The lowest BCUT2D eigenvalue weighted by Gasteiger charge is -2.20. The third-order valence-corrected chi connectivity index (χ3v) is 8.36. The standard InChI is InChI=1S/C29H27F3N8S/c1-27(2,3)14-34-26-21-11-17(9-18(12-33)24(21)35-15-36-26)10-20(19-5-4-6-22-25(19)41-16-37-22)23-13-40(39-38-23)28(7-8-28)29(30,31)32/h4-6,9,11,13,15-16,20H,7-8,10,14H2,1-3H3,(H,34,35,36)/t20-/m0/s1. The van der Waals surface area contributed by atoms with Gasteiger partial charge >= 0.3 is 6.18 Å². The SMILES string of the molecule is CC(C)(C)CNc1ncnc2c(C#N)cc(C[C@H](c3cn(C4(C(F)(F)F)CC4)nn3)c3cccc4ncsc34)cc12. The number of nitrogens with one attached hydrogen (secondary N) is 1. The molecular formula is C29H27F3N8S. The molecule has 1 fully saturated rings. The maximum Gasteiger partial charge on any atom is 0.413 e. The minimum Gasteiger partial charge on any atom is -0.369 e. The molecule has 8 nitrogen and oxygen atoms in total. The fourth-order valence-electron chi connectivity index (χ4n) is 5.12. The number of hydrogen-bond donors (Lipinski definition) is 1. The Kier molecular flexibility index (Phi) is 6.45. The number of fused-ring (bicyclic) bond motifs is 2. The lowest BCUT2D eigenvalue weighted by molar-refractivity contribution is -0.182. The van der Waals surface area contributed by atoms with Crippen LogP contribution in [0.15, 0.2) is 48.4 Å². The van der Waals surface area contributed by atoms with Crippen LogP contribution >= 0.6 is 11.3 Å². The van der Waals surface area contributed by atoms with Gasteiger partial charge in [0.15, 0.2) is 5.54 Å². The molecule has 41 heavy (non-hydrogen) atoms. The zero-order valence-corrected chi connectivity index (χ0v) is 23.5. The number of hydrogen-bond acceptors (Lipinski definition) is 8. The second-order valence-electron chi connectivity index (χ2n) is 11.7. The van der Waals surface area contributed by atoms with E-state index in [9.17, 15) is 18.4 Å². The summed E-state index contributed by atoms with van der Waals surface area (Å²) in [6.45, 7) is 6.99. The Balaban J connectivity index is 1.46. The number of nitriles is 1. The highest BCUT2D eigenvalue weighted by atomic mass is 32.1. The van der Waals surface area contributed by atoms with Gasteiger partial charge in [0.05, 0.1) is 38.7 Å². The molecule has 0 aliphatic heterocycles. The number of thiazole rings is 1. The minimum absolute atomic E-state index is 0.00732. The molecule has 0 saturated heterocycles. The number of anilines is 1. The van der Waals surface area contributed by atoms with E-state index in [0.717, 1.165) is 26.0 Å². The molecule has 0 bridgehead atoms. The average Bonchev–Trinajstić information content (AvgIpc) is 3.37. The molecule has 0 spiro atoms. The van der Waals surface area contributed by atoms with Gasteiger partial charge in [0, 0.05) is 17.8 Å². The van der Waals surface area contributed by atoms with E-state index in [1.165, 1.54) is 23.9 Å². The molecule has 3 aromatic heterocycles. The van der Waals surface area contributed by atoms with Crippen LogP contribution in [0.1, 0.15) is 61.9 Å². The van der Waals surface area contributed by atoms with Crippen molar-refractivity contribution < 1.29 is 13.2 Å². The fraction of sp³-hybridized carbons (Fsp3) is 0.379. The van der Waals surface area contributed by atoms with Gasteiger partial charge in [0.1, 0.15) is 18.2 Å². The average molecular weight is 577 g/mol. The largest absolute Gasteiger partial charge is 0.413 e. The van der Waals surface area contributed by atoms with Crippen LogP contribution in [-0.2, 0) is 12.0 Å². The molecule has 1 aliphatic rings. The van der Waals surface area contributed by atoms with Gasteiger partial charge in [-0.3, -0.25) is 0 Å². The monoisotopic (exact) mass is 576 g/mol. The van der Waals surface area contributed by atoms with Crippen molar-refractivity contribution in [2.24, 2.45) is 5.41 Å². The summed E-state index contributed by atoms with van der Waals surface area (Å²) in [5, 5.41) is 22.3. The lowest BCUT2D eigenvalue weighted by atomic mass is 9.88. The van der Waals surface area contributed by atoms with Crippen LogP contribution in [0.4, 0.5) is 19.0 Å². The first-order valence-electron chi connectivity index (χ1n) is 13.2. The van der Waals surface area contributed by atoms with Crippen LogP contribution in [-0.4, -0.2) is 42.7 Å². The van der Waals surface area contributed by atoms with Crippen molar-refractivity contribution in [3.05, 3.63) is 70.8 Å². The van der Waals surface area contributed by atoms with E-state index < -0.39 is 17.6 Å². The molecule has 5 aromatic rings. The van der Waals surface area contributed by atoms with E-state index in [2.05, 4.69) is 57.4 Å². The maximum atomic E-state index is 13.9. The summed E-state index contributed by atoms with van der Waals surface area (Å²) in [5.41, 5.74) is 3.60. The molecular weight excluding hydrogens is 549 g/mol. The molecule has 12 heteroatoms. The Bertz CT molecular complexity index is 1790. The van der Waals surface area contributed by atoms with Crippen LogP contribution in [0.2, 0.25) is 0 Å². The molecule has 210 valence electrons. The second kappa shape index (κ2) is 9.76. The summed E-state index contributed by atoms with van der Waals surface area (Å²) in [7, 11) is 0. The molecule has 6 rings (SSSR count). The molecule has 0 amide bonds. The molecule has 0 unspecified atom stereocenters. The van der Waals surface area contributed by atoms with Crippen LogP contribution < -0.4 is 5.32 Å². The van der Waals surface area contributed by atoms with Crippen molar-refractivity contribution >= 4 is 38.3 Å². The highest BCUT2D eigenvalue weighted by Gasteiger charge is 2.66. The van der Waals surface area contributed by atoms with Crippen molar-refractivity contribution in [3.8, 4) is 6.07 Å². The third-order valence-electron chi connectivity index (χ3n) is 7.47. The van der Waals surface area contributed by atoms with Crippen LogP contribution in [0.5, 0.6) is 0 Å². The Morgan fingerprint density at radius 1 is 1.15 bits per heavy atom. The highest BCUT2D eigenvalue weighted by Crippen LogP contribution is 2.55. The zero-order chi connectivity index (χ0) is 29.0. The van der Waals surface area contributed by atoms with Crippen molar-refractivity contribution in [3.63, 3.8) is 0 Å². The van der Waals surface area contributed by atoms with Crippen molar-refractivity contribution in [1.82, 2.24) is 29.9 Å². The summed E-state index contributed by atoms with van der Waals surface area (Å²) >= 11 is 1.47. The number of aromatic nitrogens is 6. The van der Waals surface area contributed by atoms with Crippen molar-refractivity contribution in [2.75, 3.05) is 11.9 Å². The molecule has 0 radical (unpaired) electrons. The van der Waals surface area contributed by atoms with E-state index in [-0.39, 0.29) is 18.3 Å². The van der Waals surface area contributed by atoms with Crippen molar-refractivity contribution in [1.29, 1.82) is 5.26 Å². The van der Waals surface area contributed by atoms with Gasteiger partial charge in [-0.1, -0.05) is 38.1 Å². The summed E-state index contributed by atoms with van der Waals surface area (Å²) < 4.78 is 43.6. The smallest absolute Gasteiger partial charge is 0.369 e. The number of rotatable bonds is 7. The first-order chi connectivity index (χ1) is 19.5. The molecule has 1 saturated carbocycles. The predicted molar refractivity (Wildman–Crippen MR) is 151 cm³/mol. The van der Waals surface area contributed by atoms with Gasteiger partial charge in [-0.2, -0.15) is 18.4 Å². The maximum absolute atomic E-state index is 13.9. The van der Waals surface area contributed by atoms with Gasteiger partial charge in [0.25, 0.3) is 0 Å². The zero-order valence-electron chi connectivity index (χ0n) is 22.7. The van der Waals surface area contributed by atoms with Gasteiger partial charge in [-0.25, -0.2) is 19.6 Å². The van der Waals surface area contributed by atoms with Gasteiger partial charge in [-0.05, 0) is 54.0 Å². The van der Waals surface area contributed by atoms with Crippen LogP contribution in [0.3, 0.4) is 0 Å². The van der Waals surface area contributed by atoms with E-state index in [1.54, 1.807) is 11.6 Å². The lowest BCUT2D eigenvalue weighted by Crippen LogP contribution is -2.35. The number of alkyl halides is 3. The number of nitrogens with zero attached hydrogens (tertiary/aromatic N) is 7. The summed E-state index contributed by atoms with van der Waals surface area (Å²) in [6, 6.07) is 11.7. The van der Waals surface area contributed by atoms with E-state index in [0.29, 0.717) is 40.9 Å². The molecule has 1 atom stereocenters.